The van der Waals surface area contributed by atoms with Crippen LogP contribution in [-0.2, 0) is 0 Å². The summed E-state index contributed by atoms with van der Waals surface area (Å²) in [6.07, 6.45) is 4.16. The first-order valence-electron chi connectivity index (χ1n) is 7.04. The molecule has 2 nitrogen and oxygen atoms in total. The largest absolute Gasteiger partial charge is 0.497 e. The van der Waals surface area contributed by atoms with Crippen LogP contribution in [0.25, 0.3) is 22.9 Å². The first-order chi connectivity index (χ1) is 10.8. The average molecular weight is 285 g/mol. The van der Waals surface area contributed by atoms with Crippen molar-refractivity contribution in [2.24, 2.45) is 0 Å². The fraction of sp³-hybridized carbons (Fsp3) is 0.0500. The fourth-order valence-corrected chi connectivity index (χ4v) is 2.34. The van der Waals surface area contributed by atoms with Crippen molar-refractivity contribution in [1.29, 1.82) is 5.26 Å². The maximum absolute atomic E-state index is 8.93. The summed E-state index contributed by atoms with van der Waals surface area (Å²) in [7, 11) is 1.66. The molecule has 0 radical (unpaired) electrons. The van der Waals surface area contributed by atoms with E-state index in [1.165, 1.54) is 0 Å². The molecule has 0 bridgehead atoms. The molecule has 106 valence electrons. The van der Waals surface area contributed by atoms with Gasteiger partial charge in [0.1, 0.15) is 5.75 Å². The number of hydrogen-bond donors (Lipinski definition) is 0. The molecule has 0 aliphatic carbocycles. The van der Waals surface area contributed by atoms with Gasteiger partial charge in [-0.1, -0.05) is 42.5 Å². The predicted molar refractivity (Wildman–Crippen MR) is 90.6 cm³/mol. The van der Waals surface area contributed by atoms with Crippen LogP contribution in [0.15, 0.2) is 60.7 Å². The molecule has 0 spiro atoms. The van der Waals surface area contributed by atoms with Crippen LogP contribution in [0.5, 0.6) is 5.75 Å². The van der Waals surface area contributed by atoms with Gasteiger partial charge in [-0.05, 0) is 52.2 Å². The minimum absolute atomic E-state index is 0.689. The van der Waals surface area contributed by atoms with Gasteiger partial charge in [-0.3, -0.25) is 0 Å². The molecule has 0 atom stereocenters. The van der Waals surface area contributed by atoms with Crippen molar-refractivity contribution in [3.8, 4) is 11.8 Å². The highest BCUT2D eigenvalue weighted by molar-refractivity contribution is 5.87. The van der Waals surface area contributed by atoms with Crippen molar-refractivity contribution < 1.29 is 4.74 Å². The molecule has 3 aromatic rings. The Balaban J connectivity index is 1.86. The van der Waals surface area contributed by atoms with E-state index in [2.05, 4.69) is 30.4 Å². The number of rotatable bonds is 3. The van der Waals surface area contributed by atoms with Crippen LogP contribution < -0.4 is 4.74 Å². The van der Waals surface area contributed by atoms with Crippen LogP contribution in [0.1, 0.15) is 16.7 Å². The molecule has 2 heteroatoms. The first kappa shape index (κ1) is 13.9. The highest BCUT2D eigenvalue weighted by atomic mass is 16.5. The van der Waals surface area contributed by atoms with Gasteiger partial charge >= 0.3 is 0 Å². The molecule has 3 aromatic carbocycles. The number of nitrogens with zero attached hydrogens (tertiary/aromatic N) is 1. The zero-order valence-corrected chi connectivity index (χ0v) is 12.3. The summed E-state index contributed by atoms with van der Waals surface area (Å²) in [5, 5.41) is 11.1. The van der Waals surface area contributed by atoms with E-state index in [0.717, 1.165) is 27.6 Å². The zero-order chi connectivity index (χ0) is 15.4. The Morgan fingerprint density at radius 2 is 1.45 bits per heavy atom. The van der Waals surface area contributed by atoms with Gasteiger partial charge in [0, 0.05) is 0 Å². The summed E-state index contributed by atoms with van der Waals surface area (Å²) >= 11 is 0. The van der Waals surface area contributed by atoms with Gasteiger partial charge in [-0.2, -0.15) is 5.26 Å². The number of benzene rings is 3. The lowest BCUT2D eigenvalue weighted by atomic mass is 10.0. The van der Waals surface area contributed by atoms with Crippen LogP contribution in [0.3, 0.4) is 0 Å². The molecule has 0 amide bonds. The van der Waals surface area contributed by atoms with Crippen LogP contribution >= 0.6 is 0 Å². The molecule has 22 heavy (non-hydrogen) atoms. The maximum atomic E-state index is 8.93. The van der Waals surface area contributed by atoms with Gasteiger partial charge in [0.15, 0.2) is 0 Å². The third-order valence-corrected chi connectivity index (χ3v) is 3.58. The Hall–Kier alpha value is -3.05. The summed E-state index contributed by atoms with van der Waals surface area (Å²) in [6, 6.07) is 22.1. The van der Waals surface area contributed by atoms with Gasteiger partial charge in [0.2, 0.25) is 0 Å². The molecule has 0 unspecified atom stereocenters. The highest BCUT2D eigenvalue weighted by Gasteiger charge is 1.97. The van der Waals surface area contributed by atoms with E-state index in [1.54, 1.807) is 7.11 Å². The Morgan fingerprint density at radius 3 is 2.18 bits per heavy atom. The molecule has 0 saturated carbocycles. The average Bonchev–Trinajstić information content (AvgIpc) is 2.59. The number of methoxy groups -OCH3 is 1. The second kappa shape index (κ2) is 6.15. The predicted octanol–water partition coefficient (Wildman–Crippen LogP) is 4.89. The van der Waals surface area contributed by atoms with E-state index in [9.17, 15) is 0 Å². The molecule has 0 aliphatic heterocycles. The molecule has 0 aromatic heterocycles. The van der Waals surface area contributed by atoms with Gasteiger partial charge in [-0.25, -0.2) is 0 Å². The highest BCUT2D eigenvalue weighted by Crippen LogP contribution is 2.20. The lowest BCUT2D eigenvalue weighted by Crippen LogP contribution is -1.81. The van der Waals surface area contributed by atoms with E-state index in [1.807, 2.05) is 48.5 Å². The fourth-order valence-electron chi connectivity index (χ4n) is 2.34. The van der Waals surface area contributed by atoms with E-state index in [-0.39, 0.29) is 0 Å². The summed E-state index contributed by atoms with van der Waals surface area (Å²) in [4.78, 5) is 0. The normalized spacial score (nSPS) is 10.7. The molecular formula is C20H15NO. The van der Waals surface area contributed by atoms with Gasteiger partial charge in [0.25, 0.3) is 0 Å². The van der Waals surface area contributed by atoms with Crippen molar-refractivity contribution in [3.63, 3.8) is 0 Å². The van der Waals surface area contributed by atoms with Crippen LogP contribution in [0.2, 0.25) is 0 Å². The van der Waals surface area contributed by atoms with Crippen molar-refractivity contribution in [2.75, 3.05) is 7.11 Å². The number of ether oxygens (including phenoxy) is 1. The minimum atomic E-state index is 0.689. The zero-order valence-electron chi connectivity index (χ0n) is 12.3. The van der Waals surface area contributed by atoms with Crippen LogP contribution in [-0.4, -0.2) is 7.11 Å². The molecule has 0 heterocycles. The molecular weight excluding hydrogens is 270 g/mol. The Labute approximate surface area is 129 Å². The lowest BCUT2D eigenvalue weighted by Gasteiger charge is -2.01. The summed E-state index contributed by atoms with van der Waals surface area (Å²) in [5.74, 6) is 0.858. The number of nitriles is 1. The van der Waals surface area contributed by atoms with Crippen molar-refractivity contribution in [3.05, 3.63) is 77.4 Å². The Kier molecular flexibility index (Phi) is 3.89. The van der Waals surface area contributed by atoms with Crippen LogP contribution in [0.4, 0.5) is 0 Å². The quantitative estimate of drug-likeness (QED) is 0.642. The smallest absolute Gasteiger partial charge is 0.118 e. The number of hydrogen-bond acceptors (Lipinski definition) is 2. The van der Waals surface area contributed by atoms with E-state index >= 15 is 0 Å². The second-order valence-corrected chi connectivity index (χ2v) is 5.04. The SMILES string of the molecule is COc1ccc(/C=C/c2ccc3cc(C#N)ccc3c2)cc1. The Bertz CT molecular complexity index is 870. The molecule has 0 saturated heterocycles. The molecule has 3 rings (SSSR count). The van der Waals surface area contributed by atoms with Gasteiger partial charge in [0.05, 0.1) is 18.7 Å². The monoisotopic (exact) mass is 285 g/mol. The minimum Gasteiger partial charge on any atom is -0.497 e. The first-order valence-corrected chi connectivity index (χ1v) is 7.04. The van der Waals surface area contributed by atoms with Crippen molar-refractivity contribution >= 4 is 22.9 Å². The number of fused-ring (bicyclic) bond motifs is 1. The topological polar surface area (TPSA) is 33.0 Å². The maximum Gasteiger partial charge on any atom is 0.118 e. The lowest BCUT2D eigenvalue weighted by molar-refractivity contribution is 0.415. The van der Waals surface area contributed by atoms with E-state index < -0.39 is 0 Å². The van der Waals surface area contributed by atoms with E-state index in [0.29, 0.717) is 5.56 Å². The van der Waals surface area contributed by atoms with Crippen molar-refractivity contribution in [1.82, 2.24) is 0 Å². The summed E-state index contributed by atoms with van der Waals surface area (Å²) < 4.78 is 5.15. The third kappa shape index (κ3) is 2.99. The molecule has 0 N–H and O–H groups in total. The molecule has 0 aliphatic rings. The standard InChI is InChI=1S/C20H15NO/c1-22-20-10-6-15(7-11-20)2-3-16-4-8-19-13-17(14-21)5-9-18(19)12-16/h2-13H,1H3/b3-2+. The molecule has 0 fully saturated rings. The van der Waals surface area contributed by atoms with Gasteiger partial charge < -0.3 is 4.74 Å². The second-order valence-electron chi connectivity index (χ2n) is 5.04. The van der Waals surface area contributed by atoms with Crippen LogP contribution in [0, 0.1) is 11.3 Å². The van der Waals surface area contributed by atoms with E-state index in [4.69, 9.17) is 10.00 Å². The van der Waals surface area contributed by atoms with Crippen molar-refractivity contribution in [2.45, 2.75) is 0 Å². The third-order valence-electron chi connectivity index (χ3n) is 3.58. The Morgan fingerprint density at radius 1 is 0.818 bits per heavy atom. The summed E-state index contributed by atoms with van der Waals surface area (Å²) in [5.41, 5.74) is 2.95. The van der Waals surface area contributed by atoms with Gasteiger partial charge in [-0.15, -0.1) is 0 Å². The summed E-state index contributed by atoms with van der Waals surface area (Å²) in [6.45, 7) is 0.